The third-order valence-electron chi connectivity index (χ3n) is 3.23. The SMILES string of the molecule is CCCc1nc(C(=O)N2CCCC(OC)C2)cs1. The maximum atomic E-state index is 12.3. The molecule has 0 spiro atoms. The molecule has 1 aromatic rings. The quantitative estimate of drug-likeness (QED) is 0.842. The number of hydrogen-bond acceptors (Lipinski definition) is 4. The minimum absolute atomic E-state index is 0.0513. The van der Waals surface area contributed by atoms with E-state index in [0.29, 0.717) is 12.2 Å². The second-order valence-electron chi connectivity index (χ2n) is 4.63. The van der Waals surface area contributed by atoms with E-state index in [1.165, 1.54) is 0 Å². The molecule has 1 saturated heterocycles. The van der Waals surface area contributed by atoms with E-state index >= 15 is 0 Å². The van der Waals surface area contributed by atoms with Crippen LogP contribution in [0.3, 0.4) is 0 Å². The van der Waals surface area contributed by atoms with E-state index in [4.69, 9.17) is 4.74 Å². The van der Waals surface area contributed by atoms with Crippen molar-refractivity contribution in [3.63, 3.8) is 0 Å². The van der Waals surface area contributed by atoms with Gasteiger partial charge < -0.3 is 9.64 Å². The molecule has 0 saturated carbocycles. The van der Waals surface area contributed by atoms with Crippen LogP contribution in [0, 0.1) is 0 Å². The Bertz CT molecular complexity index is 405. The summed E-state index contributed by atoms with van der Waals surface area (Å²) in [6.07, 6.45) is 4.25. The molecule has 18 heavy (non-hydrogen) atoms. The van der Waals surface area contributed by atoms with Crippen LogP contribution in [0.2, 0.25) is 0 Å². The molecule has 0 aliphatic carbocycles. The topological polar surface area (TPSA) is 42.4 Å². The summed E-state index contributed by atoms with van der Waals surface area (Å²) in [6, 6.07) is 0. The Morgan fingerprint density at radius 1 is 1.67 bits per heavy atom. The number of hydrogen-bond donors (Lipinski definition) is 0. The van der Waals surface area contributed by atoms with Crippen LogP contribution in [0.25, 0.3) is 0 Å². The number of carbonyl (C=O) groups is 1. The van der Waals surface area contributed by atoms with Crippen molar-refractivity contribution in [1.29, 1.82) is 0 Å². The fraction of sp³-hybridized carbons (Fsp3) is 0.692. The van der Waals surface area contributed by atoms with Gasteiger partial charge in [-0.15, -0.1) is 11.3 Å². The first-order valence-electron chi connectivity index (χ1n) is 6.51. The smallest absolute Gasteiger partial charge is 0.273 e. The predicted molar refractivity (Wildman–Crippen MR) is 72.0 cm³/mol. The molecule has 1 unspecified atom stereocenters. The zero-order valence-electron chi connectivity index (χ0n) is 11.0. The minimum atomic E-state index is 0.0513. The highest BCUT2D eigenvalue weighted by molar-refractivity contribution is 7.09. The van der Waals surface area contributed by atoms with Crippen LogP contribution < -0.4 is 0 Å². The molecule has 0 N–H and O–H groups in total. The molecule has 1 aliphatic rings. The van der Waals surface area contributed by atoms with E-state index in [-0.39, 0.29) is 12.0 Å². The Hall–Kier alpha value is -0.940. The van der Waals surface area contributed by atoms with Crippen LogP contribution in [0.5, 0.6) is 0 Å². The number of ether oxygens (including phenoxy) is 1. The van der Waals surface area contributed by atoms with Gasteiger partial charge in [0.25, 0.3) is 5.91 Å². The van der Waals surface area contributed by atoms with Gasteiger partial charge in [0, 0.05) is 25.6 Å². The largest absolute Gasteiger partial charge is 0.380 e. The lowest BCUT2D eigenvalue weighted by Gasteiger charge is -2.31. The monoisotopic (exact) mass is 268 g/mol. The summed E-state index contributed by atoms with van der Waals surface area (Å²) in [5.74, 6) is 0.0513. The number of likely N-dealkylation sites (tertiary alicyclic amines) is 1. The number of nitrogens with zero attached hydrogens (tertiary/aromatic N) is 2. The number of aryl methyl sites for hydroxylation is 1. The zero-order chi connectivity index (χ0) is 13.0. The van der Waals surface area contributed by atoms with Crippen LogP contribution in [0.1, 0.15) is 41.7 Å². The van der Waals surface area contributed by atoms with Gasteiger partial charge in [0.05, 0.1) is 11.1 Å². The lowest BCUT2D eigenvalue weighted by molar-refractivity contribution is 0.0266. The Balaban J connectivity index is 2.00. The molecular weight excluding hydrogens is 248 g/mol. The van der Waals surface area contributed by atoms with Crippen LogP contribution in [-0.4, -0.2) is 42.1 Å². The molecule has 2 heterocycles. The Kier molecular flexibility index (Phi) is 4.72. The van der Waals surface area contributed by atoms with Crippen molar-refractivity contribution in [2.45, 2.75) is 38.7 Å². The summed E-state index contributed by atoms with van der Waals surface area (Å²) in [4.78, 5) is 18.6. The summed E-state index contributed by atoms with van der Waals surface area (Å²) < 4.78 is 5.34. The van der Waals surface area contributed by atoms with E-state index in [2.05, 4.69) is 11.9 Å². The lowest BCUT2D eigenvalue weighted by atomic mass is 10.1. The molecule has 1 aromatic heterocycles. The number of carbonyl (C=O) groups excluding carboxylic acids is 1. The van der Waals surface area contributed by atoms with Crippen molar-refractivity contribution in [3.05, 3.63) is 16.1 Å². The highest BCUT2D eigenvalue weighted by Gasteiger charge is 2.25. The number of rotatable bonds is 4. The van der Waals surface area contributed by atoms with Gasteiger partial charge in [-0.3, -0.25) is 4.79 Å². The Labute approximate surface area is 112 Å². The van der Waals surface area contributed by atoms with E-state index in [1.807, 2.05) is 10.3 Å². The standard InChI is InChI=1S/C13H20N2O2S/c1-3-5-12-14-11(9-18-12)13(16)15-7-4-6-10(8-15)17-2/h9-10H,3-8H2,1-2H3. The summed E-state index contributed by atoms with van der Waals surface area (Å²) in [5, 5.41) is 2.94. The van der Waals surface area contributed by atoms with Gasteiger partial charge in [-0.2, -0.15) is 0 Å². The number of methoxy groups -OCH3 is 1. The second-order valence-corrected chi connectivity index (χ2v) is 5.57. The number of thiazole rings is 1. The van der Waals surface area contributed by atoms with Gasteiger partial charge in [0.1, 0.15) is 5.69 Å². The molecule has 2 rings (SSSR count). The summed E-state index contributed by atoms with van der Waals surface area (Å²) in [5.41, 5.74) is 0.597. The first kappa shape index (κ1) is 13.5. The molecular formula is C13H20N2O2S. The fourth-order valence-electron chi connectivity index (χ4n) is 2.21. The number of amides is 1. The Morgan fingerprint density at radius 3 is 3.22 bits per heavy atom. The second kappa shape index (κ2) is 6.29. The minimum Gasteiger partial charge on any atom is -0.380 e. The molecule has 4 nitrogen and oxygen atoms in total. The summed E-state index contributed by atoms with van der Waals surface area (Å²) >= 11 is 1.58. The van der Waals surface area contributed by atoms with Gasteiger partial charge in [-0.05, 0) is 25.7 Å². The van der Waals surface area contributed by atoms with Crippen molar-refractivity contribution in [2.24, 2.45) is 0 Å². The molecule has 1 aliphatic heterocycles. The van der Waals surface area contributed by atoms with Crippen molar-refractivity contribution >= 4 is 17.2 Å². The molecule has 0 aromatic carbocycles. The Morgan fingerprint density at radius 2 is 2.50 bits per heavy atom. The zero-order valence-corrected chi connectivity index (χ0v) is 11.8. The molecule has 100 valence electrons. The maximum absolute atomic E-state index is 12.3. The third kappa shape index (κ3) is 3.09. The molecule has 1 fully saturated rings. The van der Waals surface area contributed by atoms with Crippen molar-refractivity contribution in [3.8, 4) is 0 Å². The molecule has 1 atom stereocenters. The number of aromatic nitrogens is 1. The van der Waals surface area contributed by atoms with E-state index in [9.17, 15) is 4.79 Å². The first-order valence-corrected chi connectivity index (χ1v) is 7.39. The molecule has 0 bridgehead atoms. The van der Waals surface area contributed by atoms with Crippen LogP contribution in [0.15, 0.2) is 5.38 Å². The van der Waals surface area contributed by atoms with Crippen LogP contribution >= 0.6 is 11.3 Å². The van der Waals surface area contributed by atoms with E-state index < -0.39 is 0 Å². The van der Waals surface area contributed by atoms with Gasteiger partial charge in [0.2, 0.25) is 0 Å². The van der Waals surface area contributed by atoms with Gasteiger partial charge in [0.15, 0.2) is 0 Å². The highest BCUT2D eigenvalue weighted by atomic mass is 32.1. The third-order valence-corrected chi connectivity index (χ3v) is 4.14. The fourth-order valence-corrected chi connectivity index (χ4v) is 3.09. The molecule has 1 amide bonds. The van der Waals surface area contributed by atoms with Gasteiger partial charge >= 0.3 is 0 Å². The maximum Gasteiger partial charge on any atom is 0.273 e. The van der Waals surface area contributed by atoms with Gasteiger partial charge in [-0.1, -0.05) is 6.92 Å². The highest BCUT2D eigenvalue weighted by Crippen LogP contribution is 2.18. The van der Waals surface area contributed by atoms with E-state index in [1.54, 1.807) is 18.4 Å². The van der Waals surface area contributed by atoms with Crippen molar-refractivity contribution in [1.82, 2.24) is 9.88 Å². The summed E-state index contributed by atoms with van der Waals surface area (Å²) in [6.45, 7) is 3.63. The normalized spacial score (nSPS) is 20.1. The van der Waals surface area contributed by atoms with E-state index in [0.717, 1.165) is 37.2 Å². The average molecular weight is 268 g/mol. The number of piperidine rings is 1. The van der Waals surface area contributed by atoms with Crippen LogP contribution in [0.4, 0.5) is 0 Å². The van der Waals surface area contributed by atoms with Crippen molar-refractivity contribution in [2.75, 3.05) is 20.2 Å². The average Bonchev–Trinajstić information content (AvgIpc) is 2.87. The molecule has 0 radical (unpaired) electrons. The lowest BCUT2D eigenvalue weighted by Crippen LogP contribution is -2.43. The van der Waals surface area contributed by atoms with Crippen LogP contribution in [-0.2, 0) is 11.2 Å². The molecule has 5 heteroatoms. The first-order chi connectivity index (χ1) is 8.74. The predicted octanol–water partition coefficient (Wildman–Crippen LogP) is 2.35. The van der Waals surface area contributed by atoms with Crippen molar-refractivity contribution < 1.29 is 9.53 Å². The summed E-state index contributed by atoms with van der Waals surface area (Å²) in [7, 11) is 1.71. The van der Waals surface area contributed by atoms with Gasteiger partial charge in [-0.25, -0.2) is 4.98 Å².